The summed E-state index contributed by atoms with van der Waals surface area (Å²) in [5.41, 5.74) is 2.20. The van der Waals surface area contributed by atoms with E-state index in [0.717, 1.165) is 37.9 Å². The zero-order valence-electron chi connectivity index (χ0n) is 11.0. The Morgan fingerprint density at radius 2 is 1.83 bits per heavy atom. The summed E-state index contributed by atoms with van der Waals surface area (Å²) in [4.78, 5) is 2.27. The number of hydrogen-bond donors (Lipinski definition) is 2. The fourth-order valence-electron chi connectivity index (χ4n) is 2.76. The van der Waals surface area contributed by atoms with Gasteiger partial charge in [-0.15, -0.1) is 0 Å². The van der Waals surface area contributed by atoms with Crippen molar-refractivity contribution in [2.75, 3.05) is 13.6 Å². The van der Waals surface area contributed by atoms with Crippen LogP contribution in [0, 0.1) is 5.92 Å². The molecule has 0 bridgehead atoms. The second-order valence-electron chi connectivity index (χ2n) is 5.43. The third kappa shape index (κ3) is 3.55. The third-order valence-electron chi connectivity index (χ3n) is 3.82. The molecular formula is C15H23NO2. The smallest absolute Gasteiger partial charge is 0.0681 e. The molecule has 1 aliphatic rings. The van der Waals surface area contributed by atoms with Crippen LogP contribution in [0.2, 0.25) is 0 Å². The molecule has 1 fully saturated rings. The molecule has 1 aromatic rings. The lowest BCUT2D eigenvalue weighted by Crippen LogP contribution is -2.29. The normalized spacial score (nSPS) is 23.8. The largest absolute Gasteiger partial charge is 0.393 e. The van der Waals surface area contributed by atoms with Gasteiger partial charge in [-0.1, -0.05) is 30.7 Å². The molecule has 2 N–H and O–H groups in total. The molecule has 100 valence electrons. The Labute approximate surface area is 109 Å². The van der Waals surface area contributed by atoms with E-state index < -0.39 is 0 Å². The van der Waals surface area contributed by atoms with Crippen molar-refractivity contribution in [3.05, 3.63) is 35.4 Å². The highest BCUT2D eigenvalue weighted by molar-refractivity contribution is 5.21. The van der Waals surface area contributed by atoms with E-state index in [-0.39, 0.29) is 12.7 Å². The summed E-state index contributed by atoms with van der Waals surface area (Å²) in [6, 6.07) is 8.06. The summed E-state index contributed by atoms with van der Waals surface area (Å²) in [6.45, 7) is 1.96. The SMILES string of the molecule is CN(Cc1ccc(CO)cc1)CC1CCCC1O. The van der Waals surface area contributed by atoms with Crippen LogP contribution in [0.25, 0.3) is 0 Å². The molecule has 0 heterocycles. The van der Waals surface area contributed by atoms with Crippen molar-refractivity contribution in [2.24, 2.45) is 5.92 Å². The molecule has 0 spiro atoms. The molecule has 2 atom stereocenters. The lowest BCUT2D eigenvalue weighted by atomic mass is 10.1. The van der Waals surface area contributed by atoms with Gasteiger partial charge in [0.2, 0.25) is 0 Å². The Morgan fingerprint density at radius 3 is 2.39 bits per heavy atom. The van der Waals surface area contributed by atoms with Crippen molar-refractivity contribution in [3.63, 3.8) is 0 Å². The summed E-state index contributed by atoms with van der Waals surface area (Å²) < 4.78 is 0. The molecule has 0 saturated heterocycles. The zero-order chi connectivity index (χ0) is 13.0. The van der Waals surface area contributed by atoms with Crippen molar-refractivity contribution in [1.82, 2.24) is 4.90 Å². The van der Waals surface area contributed by atoms with E-state index in [0.29, 0.717) is 5.92 Å². The summed E-state index contributed by atoms with van der Waals surface area (Å²) in [6.07, 6.45) is 3.16. The number of aliphatic hydroxyl groups excluding tert-OH is 2. The summed E-state index contributed by atoms with van der Waals surface area (Å²) in [5.74, 6) is 0.437. The molecule has 0 aliphatic heterocycles. The Kier molecular flexibility index (Phi) is 4.75. The average molecular weight is 249 g/mol. The van der Waals surface area contributed by atoms with Crippen molar-refractivity contribution < 1.29 is 10.2 Å². The second-order valence-corrected chi connectivity index (χ2v) is 5.43. The van der Waals surface area contributed by atoms with Crippen LogP contribution in [0.5, 0.6) is 0 Å². The van der Waals surface area contributed by atoms with Gasteiger partial charge < -0.3 is 15.1 Å². The number of aliphatic hydroxyl groups is 2. The summed E-state index contributed by atoms with van der Waals surface area (Å²) >= 11 is 0. The van der Waals surface area contributed by atoms with Gasteiger partial charge in [0.05, 0.1) is 12.7 Å². The highest BCUT2D eigenvalue weighted by atomic mass is 16.3. The molecule has 1 aliphatic carbocycles. The van der Waals surface area contributed by atoms with E-state index in [1.54, 1.807) is 0 Å². The van der Waals surface area contributed by atoms with Crippen LogP contribution in [0.15, 0.2) is 24.3 Å². The Balaban J connectivity index is 1.84. The van der Waals surface area contributed by atoms with Gasteiger partial charge in [-0.05, 0) is 36.9 Å². The van der Waals surface area contributed by atoms with Gasteiger partial charge in [-0.25, -0.2) is 0 Å². The first-order chi connectivity index (χ1) is 8.69. The van der Waals surface area contributed by atoms with Gasteiger partial charge in [0.15, 0.2) is 0 Å². The van der Waals surface area contributed by atoms with Crippen LogP contribution in [-0.4, -0.2) is 34.8 Å². The molecule has 0 aromatic heterocycles. The van der Waals surface area contributed by atoms with E-state index in [4.69, 9.17) is 5.11 Å². The monoisotopic (exact) mass is 249 g/mol. The van der Waals surface area contributed by atoms with E-state index in [1.165, 1.54) is 5.56 Å². The molecule has 0 amide bonds. The minimum atomic E-state index is -0.107. The maximum atomic E-state index is 9.82. The topological polar surface area (TPSA) is 43.7 Å². The Morgan fingerprint density at radius 1 is 1.17 bits per heavy atom. The molecule has 2 rings (SSSR count). The number of hydrogen-bond acceptors (Lipinski definition) is 3. The molecule has 2 unspecified atom stereocenters. The molecular weight excluding hydrogens is 226 g/mol. The van der Waals surface area contributed by atoms with Crippen LogP contribution in [-0.2, 0) is 13.2 Å². The molecule has 1 saturated carbocycles. The van der Waals surface area contributed by atoms with Crippen molar-refractivity contribution in [1.29, 1.82) is 0 Å². The Hall–Kier alpha value is -0.900. The van der Waals surface area contributed by atoms with Gasteiger partial charge in [0.1, 0.15) is 0 Å². The highest BCUT2D eigenvalue weighted by Gasteiger charge is 2.25. The highest BCUT2D eigenvalue weighted by Crippen LogP contribution is 2.26. The van der Waals surface area contributed by atoms with Crippen LogP contribution < -0.4 is 0 Å². The maximum Gasteiger partial charge on any atom is 0.0681 e. The van der Waals surface area contributed by atoms with E-state index in [1.807, 2.05) is 12.1 Å². The first kappa shape index (κ1) is 13.5. The van der Waals surface area contributed by atoms with Crippen LogP contribution in [0.4, 0.5) is 0 Å². The van der Waals surface area contributed by atoms with E-state index in [2.05, 4.69) is 24.1 Å². The lowest BCUT2D eigenvalue weighted by molar-refractivity contribution is 0.108. The third-order valence-corrected chi connectivity index (χ3v) is 3.82. The number of rotatable bonds is 5. The molecule has 0 radical (unpaired) electrons. The number of benzene rings is 1. The fourth-order valence-corrected chi connectivity index (χ4v) is 2.76. The fraction of sp³-hybridized carbons (Fsp3) is 0.600. The molecule has 1 aromatic carbocycles. The molecule has 18 heavy (non-hydrogen) atoms. The quantitative estimate of drug-likeness (QED) is 0.836. The van der Waals surface area contributed by atoms with Crippen LogP contribution >= 0.6 is 0 Å². The van der Waals surface area contributed by atoms with Crippen molar-refractivity contribution >= 4 is 0 Å². The van der Waals surface area contributed by atoms with Crippen LogP contribution in [0.3, 0.4) is 0 Å². The minimum Gasteiger partial charge on any atom is -0.393 e. The lowest BCUT2D eigenvalue weighted by Gasteiger charge is -2.23. The average Bonchev–Trinajstić information content (AvgIpc) is 2.76. The first-order valence-electron chi connectivity index (χ1n) is 6.74. The van der Waals surface area contributed by atoms with Gasteiger partial charge in [0, 0.05) is 13.1 Å². The van der Waals surface area contributed by atoms with Gasteiger partial charge >= 0.3 is 0 Å². The van der Waals surface area contributed by atoms with Gasteiger partial charge in [-0.2, -0.15) is 0 Å². The molecule has 3 nitrogen and oxygen atoms in total. The summed E-state index contributed by atoms with van der Waals surface area (Å²) in [5, 5.41) is 18.8. The Bertz CT molecular complexity index is 363. The van der Waals surface area contributed by atoms with Crippen molar-refractivity contribution in [2.45, 2.75) is 38.5 Å². The number of nitrogens with zero attached hydrogens (tertiary/aromatic N) is 1. The van der Waals surface area contributed by atoms with E-state index in [9.17, 15) is 5.11 Å². The van der Waals surface area contributed by atoms with Gasteiger partial charge in [-0.3, -0.25) is 0 Å². The van der Waals surface area contributed by atoms with E-state index >= 15 is 0 Å². The van der Waals surface area contributed by atoms with Gasteiger partial charge in [0.25, 0.3) is 0 Å². The molecule has 3 heteroatoms. The van der Waals surface area contributed by atoms with Crippen molar-refractivity contribution in [3.8, 4) is 0 Å². The summed E-state index contributed by atoms with van der Waals surface area (Å²) in [7, 11) is 2.10. The zero-order valence-corrected chi connectivity index (χ0v) is 11.0. The maximum absolute atomic E-state index is 9.82. The second kappa shape index (κ2) is 6.32. The standard InChI is InChI=1S/C15H23NO2/c1-16(10-14-3-2-4-15(14)18)9-12-5-7-13(11-17)8-6-12/h5-8,14-15,17-18H,2-4,9-11H2,1H3. The predicted octanol–water partition coefficient (Wildman–Crippen LogP) is 1.77. The predicted molar refractivity (Wildman–Crippen MR) is 72.0 cm³/mol. The van der Waals surface area contributed by atoms with Crippen LogP contribution in [0.1, 0.15) is 30.4 Å². The minimum absolute atomic E-state index is 0.102. The first-order valence-corrected chi connectivity index (χ1v) is 6.74.